The number of carbonyl (C=O) groups excluding carboxylic acids is 4. The third kappa shape index (κ3) is 8.44. The molecule has 3 aliphatic heterocycles. The van der Waals surface area contributed by atoms with Gasteiger partial charge in [-0.2, -0.15) is 0 Å². The number of likely N-dealkylation sites (tertiary alicyclic amines) is 2. The van der Waals surface area contributed by atoms with Crippen molar-refractivity contribution in [2.75, 3.05) is 27.3 Å². The number of allylic oxidation sites excluding steroid dienone is 1. The molecule has 2 fully saturated rings. The Hall–Kier alpha value is -5.50. The van der Waals surface area contributed by atoms with Crippen LogP contribution < -0.4 is 10.6 Å². The Balaban J connectivity index is 1.08. The highest BCUT2D eigenvalue weighted by molar-refractivity contribution is 6.04. The molecule has 2 saturated heterocycles. The number of aromatic amines is 1. The van der Waals surface area contributed by atoms with Crippen molar-refractivity contribution in [2.24, 2.45) is 16.8 Å². The molecule has 0 bridgehead atoms. The maximum atomic E-state index is 13.6. The summed E-state index contributed by atoms with van der Waals surface area (Å²) in [6, 6.07) is 14.2. The first-order valence-corrected chi connectivity index (χ1v) is 18.9. The van der Waals surface area contributed by atoms with Crippen LogP contribution in [0.4, 0.5) is 9.59 Å². The van der Waals surface area contributed by atoms with E-state index in [9.17, 15) is 24.3 Å². The van der Waals surface area contributed by atoms with Crippen LogP contribution in [-0.2, 0) is 19.1 Å². The molecule has 1 aromatic heterocycles. The Bertz CT molecular complexity index is 1940. The number of alkyl carbamates (subject to hydrolysis) is 2. The largest absolute Gasteiger partial charge is 0.453 e. The molecule has 0 radical (unpaired) electrons. The van der Waals surface area contributed by atoms with Gasteiger partial charge in [0.25, 0.3) is 0 Å². The van der Waals surface area contributed by atoms with Crippen molar-refractivity contribution in [1.29, 1.82) is 0 Å². The number of benzene rings is 2. The van der Waals surface area contributed by atoms with Crippen LogP contribution in [0.25, 0.3) is 28.0 Å². The van der Waals surface area contributed by atoms with Crippen LogP contribution >= 0.6 is 0 Å². The normalized spacial score (nSPS) is 20.6. The molecule has 0 spiro atoms. The number of aliphatic imine (C=N–C) groups is 1. The lowest BCUT2D eigenvalue weighted by molar-refractivity contribution is -0.136. The van der Waals surface area contributed by atoms with E-state index in [2.05, 4.69) is 44.9 Å². The van der Waals surface area contributed by atoms with Gasteiger partial charge in [-0.1, -0.05) is 76.2 Å². The highest BCUT2D eigenvalue weighted by Crippen LogP contribution is 2.35. The minimum absolute atomic E-state index is 0.0930. The summed E-state index contributed by atoms with van der Waals surface area (Å²) in [5.41, 5.74) is 6.85. The summed E-state index contributed by atoms with van der Waals surface area (Å²) in [4.78, 5) is 67.1. The van der Waals surface area contributed by atoms with Gasteiger partial charge >= 0.3 is 12.2 Å². The van der Waals surface area contributed by atoms with Gasteiger partial charge in [0.15, 0.2) is 0 Å². The second kappa shape index (κ2) is 16.9. The standard InChI is InChI=1S/C41H51N7O7/c1-23(2)34(45-40(52)54-5)38(50)47-18-7-8-32(47)30-20-29(21-42-30)27-11-9-25(10-12-27)26-13-15-28(16-14-26)31-22-43-37(44-31)36-33(49)17-19-48(36)39(51)35(24(3)4)46-41(53)55-6/h9-16,21-24,32-36,49H,7-8,17-20H2,1-6H3,(H,43,44)(H,45,52)(H,46,53)/t32-,33+,34-,35-,36-/m0/s1. The number of nitrogens with zero attached hydrogens (tertiary/aromatic N) is 4. The third-order valence-corrected chi connectivity index (χ3v) is 10.8. The van der Waals surface area contributed by atoms with Crippen molar-refractivity contribution in [3.8, 4) is 22.4 Å². The van der Waals surface area contributed by atoms with Crippen LogP contribution in [0, 0.1) is 11.8 Å². The number of aliphatic hydroxyl groups is 1. The summed E-state index contributed by atoms with van der Waals surface area (Å²) in [6.45, 7) is 8.46. The number of ether oxygens (including phenoxy) is 2. The van der Waals surface area contributed by atoms with Crippen molar-refractivity contribution in [3.63, 3.8) is 0 Å². The van der Waals surface area contributed by atoms with E-state index in [0.717, 1.165) is 52.1 Å². The SMILES string of the molecule is COC(=O)N[C@H](C(=O)N1CC[C@@H](O)[C@H]1c1ncc(-c2ccc(-c3ccc(C4=CN=C([C@@H]5CCCN5C(=O)[C@@H](NC(=O)OC)C(C)C)C4)cc3)cc2)[nH]1)C(C)C. The van der Waals surface area contributed by atoms with Crippen LogP contribution in [0.3, 0.4) is 0 Å². The molecule has 4 amide bonds. The lowest BCUT2D eigenvalue weighted by atomic mass is 9.95. The molecule has 292 valence electrons. The predicted octanol–water partition coefficient (Wildman–Crippen LogP) is 5.32. The number of aliphatic hydroxyl groups excluding tert-OH is 1. The molecule has 0 unspecified atom stereocenters. The molecule has 55 heavy (non-hydrogen) atoms. The summed E-state index contributed by atoms with van der Waals surface area (Å²) in [6.07, 6.45) is 4.24. The number of nitrogens with one attached hydrogen (secondary N) is 3. The molecule has 2 aromatic carbocycles. The van der Waals surface area contributed by atoms with Crippen LogP contribution in [0.5, 0.6) is 0 Å². The van der Waals surface area contributed by atoms with E-state index in [4.69, 9.17) is 14.5 Å². The van der Waals surface area contributed by atoms with E-state index in [1.807, 2.05) is 63.1 Å². The Morgan fingerprint density at radius 2 is 1.33 bits per heavy atom. The Kier molecular flexibility index (Phi) is 12.0. The van der Waals surface area contributed by atoms with Crippen LogP contribution in [0.15, 0.2) is 65.9 Å². The van der Waals surface area contributed by atoms with Crippen molar-refractivity contribution in [1.82, 2.24) is 30.4 Å². The number of imidazole rings is 1. The van der Waals surface area contributed by atoms with Crippen molar-refractivity contribution < 1.29 is 33.8 Å². The third-order valence-electron chi connectivity index (χ3n) is 10.8. The zero-order valence-electron chi connectivity index (χ0n) is 32.2. The average Bonchev–Trinajstić information content (AvgIpc) is 4.02. The minimum Gasteiger partial charge on any atom is -0.453 e. The van der Waals surface area contributed by atoms with Gasteiger partial charge < -0.3 is 40.0 Å². The Morgan fingerprint density at radius 1 is 0.782 bits per heavy atom. The van der Waals surface area contributed by atoms with Crippen molar-refractivity contribution in [3.05, 3.63) is 72.3 Å². The molecule has 14 heteroatoms. The monoisotopic (exact) mass is 753 g/mol. The van der Waals surface area contributed by atoms with E-state index in [-0.39, 0.29) is 29.7 Å². The van der Waals surface area contributed by atoms with E-state index in [1.54, 1.807) is 11.1 Å². The summed E-state index contributed by atoms with van der Waals surface area (Å²) in [5.74, 6) is -0.220. The first kappa shape index (κ1) is 39.2. The molecule has 6 rings (SSSR count). The molecular formula is C41H51N7O7. The van der Waals surface area contributed by atoms with Gasteiger partial charge in [0.1, 0.15) is 23.9 Å². The second-order valence-electron chi connectivity index (χ2n) is 15.0. The number of carbonyl (C=O) groups is 4. The van der Waals surface area contributed by atoms with Gasteiger partial charge in [0.2, 0.25) is 11.8 Å². The lowest BCUT2D eigenvalue weighted by Gasteiger charge is -2.31. The van der Waals surface area contributed by atoms with E-state index in [0.29, 0.717) is 31.8 Å². The minimum atomic E-state index is -0.807. The van der Waals surface area contributed by atoms with Gasteiger partial charge in [0.05, 0.1) is 38.3 Å². The zero-order valence-corrected chi connectivity index (χ0v) is 32.2. The maximum absolute atomic E-state index is 13.6. The summed E-state index contributed by atoms with van der Waals surface area (Å²) in [7, 11) is 2.54. The van der Waals surface area contributed by atoms with Crippen LogP contribution in [0.1, 0.15) is 70.8 Å². The Labute approximate surface area is 321 Å². The van der Waals surface area contributed by atoms with Gasteiger partial charge in [-0.15, -0.1) is 0 Å². The van der Waals surface area contributed by atoms with Crippen molar-refractivity contribution in [2.45, 2.75) is 83.6 Å². The molecule has 4 N–H and O–H groups in total. The molecular weight excluding hydrogens is 702 g/mol. The van der Waals surface area contributed by atoms with E-state index < -0.39 is 36.4 Å². The molecule has 3 aliphatic rings. The summed E-state index contributed by atoms with van der Waals surface area (Å²) in [5, 5.41) is 16.2. The summed E-state index contributed by atoms with van der Waals surface area (Å²) < 4.78 is 9.48. The van der Waals surface area contributed by atoms with Crippen LogP contribution in [-0.4, -0.2) is 106 Å². The molecule has 14 nitrogen and oxygen atoms in total. The number of hydrogen-bond donors (Lipinski definition) is 4. The molecule has 5 atom stereocenters. The van der Waals surface area contributed by atoms with Gasteiger partial charge in [-0.25, -0.2) is 14.6 Å². The first-order valence-electron chi connectivity index (χ1n) is 18.9. The molecule has 4 heterocycles. The fourth-order valence-electron chi connectivity index (χ4n) is 7.67. The predicted molar refractivity (Wildman–Crippen MR) is 208 cm³/mol. The summed E-state index contributed by atoms with van der Waals surface area (Å²) >= 11 is 0. The second-order valence-corrected chi connectivity index (χ2v) is 15.0. The highest BCUT2D eigenvalue weighted by atomic mass is 16.5. The molecule has 0 saturated carbocycles. The smallest absolute Gasteiger partial charge is 0.407 e. The maximum Gasteiger partial charge on any atom is 0.407 e. The quantitative estimate of drug-likeness (QED) is 0.203. The number of hydrogen-bond acceptors (Lipinski definition) is 9. The number of aromatic nitrogens is 2. The van der Waals surface area contributed by atoms with Gasteiger partial charge in [-0.05, 0) is 58.9 Å². The number of H-pyrrole nitrogens is 1. The van der Waals surface area contributed by atoms with Crippen LogP contribution in [0.2, 0.25) is 0 Å². The lowest BCUT2D eigenvalue weighted by Crippen LogP contribution is -2.53. The number of amides is 4. The first-order chi connectivity index (χ1) is 26.4. The van der Waals surface area contributed by atoms with Gasteiger partial charge in [-0.3, -0.25) is 14.6 Å². The van der Waals surface area contributed by atoms with Gasteiger partial charge in [0, 0.05) is 31.4 Å². The average molecular weight is 754 g/mol. The Morgan fingerprint density at radius 3 is 1.89 bits per heavy atom. The fourth-order valence-corrected chi connectivity index (χ4v) is 7.67. The fraction of sp³-hybridized carbons (Fsp3) is 0.463. The van der Waals surface area contributed by atoms with E-state index >= 15 is 0 Å². The zero-order chi connectivity index (χ0) is 39.4. The number of methoxy groups -OCH3 is 2. The number of rotatable bonds is 11. The topological polar surface area (TPSA) is 179 Å². The molecule has 3 aromatic rings. The van der Waals surface area contributed by atoms with E-state index in [1.165, 1.54) is 14.2 Å². The molecule has 0 aliphatic carbocycles. The van der Waals surface area contributed by atoms with Crippen molar-refractivity contribution >= 4 is 35.3 Å². The highest BCUT2D eigenvalue weighted by Gasteiger charge is 2.42.